The molecule has 0 aliphatic carbocycles. The van der Waals surface area contributed by atoms with Crippen molar-refractivity contribution in [2.24, 2.45) is 5.90 Å². The zero-order chi connectivity index (χ0) is 10.6. The molecular formula is C10H15BrN2O. The Labute approximate surface area is 92.9 Å². The van der Waals surface area contributed by atoms with Crippen LogP contribution < -0.4 is 10.8 Å². The van der Waals surface area contributed by atoms with E-state index in [-0.39, 0.29) is 0 Å². The fourth-order valence-electron chi connectivity index (χ4n) is 1.36. The molecule has 1 aromatic rings. The van der Waals surface area contributed by atoms with Crippen LogP contribution in [0.25, 0.3) is 0 Å². The minimum absolute atomic E-state index is 0.534. The molecule has 0 atom stereocenters. The molecule has 0 spiro atoms. The van der Waals surface area contributed by atoms with Gasteiger partial charge in [0.2, 0.25) is 0 Å². The van der Waals surface area contributed by atoms with Gasteiger partial charge in [0.1, 0.15) is 0 Å². The van der Waals surface area contributed by atoms with E-state index in [1.165, 1.54) is 11.3 Å². The summed E-state index contributed by atoms with van der Waals surface area (Å²) in [5.74, 6) is 4.98. The van der Waals surface area contributed by atoms with E-state index in [0.717, 1.165) is 11.0 Å². The highest BCUT2D eigenvalue weighted by Crippen LogP contribution is 2.22. The number of halogens is 1. The minimum atomic E-state index is 0.534. The summed E-state index contributed by atoms with van der Waals surface area (Å²) in [5, 5.41) is 0. The molecular weight excluding hydrogens is 244 g/mol. The normalized spacial score (nSPS) is 10.3. The number of nitrogens with zero attached hydrogens (tertiary/aromatic N) is 1. The Hall–Kier alpha value is -0.580. The summed E-state index contributed by atoms with van der Waals surface area (Å²) < 4.78 is 1.10. The van der Waals surface area contributed by atoms with Gasteiger partial charge in [0.15, 0.2) is 0 Å². The summed E-state index contributed by atoms with van der Waals surface area (Å²) in [6.07, 6.45) is 0. The highest BCUT2D eigenvalue weighted by atomic mass is 79.9. The number of aryl methyl sites for hydroxylation is 1. The lowest BCUT2D eigenvalue weighted by Crippen LogP contribution is -2.24. The van der Waals surface area contributed by atoms with Gasteiger partial charge in [-0.1, -0.05) is 15.9 Å². The van der Waals surface area contributed by atoms with Crippen molar-refractivity contribution in [1.29, 1.82) is 0 Å². The number of rotatable bonds is 4. The Morgan fingerprint density at radius 3 is 2.79 bits per heavy atom. The van der Waals surface area contributed by atoms with Crippen molar-refractivity contribution >= 4 is 21.6 Å². The first-order valence-electron chi connectivity index (χ1n) is 4.44. The number of benzene rings is 1. The molecule has 0 aliphatic rings. The molecule has 0 saturated heterocycles. The zero-order valence-corrected chi connectivity index (χ0v) is 10.0. The molecule has 0 saturated carbocycles. The molecule has 78 valence electrons. The van der Waals surface area contributed by atoms with Gasteiger partial charge >= 0.3 is 0 Å². The molecule has 2 N–H and O–H groups in total. The third-order valence-electron chi connectivity index (χ3n) is 2.11. The molecule has 0 bridgehead atoms. The monoisotopic (exact) mass is 258 g/mol. The van der Waals surface area contributed by atoms with Crippen molar-refractivity contribution in [3.8, 4) is 0 Å². The standard InChI is InChI=1S/C10H15BrN2O/c1-8-7-9(11)3-4-10(8)13(2)5-6-14-12/h3-4,7H,5-6,12H2,1-2H3. The maximum Gasteiger partial charge on any atom is 0.0854 e. The summed E-state index contributed by atoms with van der Waals surface area (Å²) in [4.78, 5) is 6.67. The van der Waals surface area contributed by atoms with Gasteiger partial charge < -0.3 is 9.74 Å². The van der Waals surface area contributed by atoms with Gasteiger partial charge in [-0.05, 0) is 30.7 Å². The molecule has 0 amide bonds. The van der Waals surface area contributed by atoms with Gasteiger partial charge in [0.05, 0.1) is 6.61 Å². The van der Waals surface area contributed by atoms with E-state index in [0.29, 0.717) is 6.61 Å². The fourth-order valence-corrected chi connectivity index (χ4v) is 1.83. The van der Waals surface area contributed by atoms with E-state index < -0.39 is 0 Å². The minimum Gasteiger partial charge on any atom is -0.372 e. The molecule has 3 nitrogen and oxygen atoms in total. The molecule has 0 fully saturated rings. The van der Waals surface area contributed by atoms with E-state index >= 15 is 0 Å². The Morgan fingerprint density at radius 2 is 2.21 bits per heavy atom. The Kier molecular flexibility index (Phi) is 4.38. The van der Waals surface area contributed by atoms with Crippen LogP contribution in [0.4, 0.5) is 5.69 Å². The van der Waals surface area contributed by atoms with Crippen LogP contribution in [-0.2, 0) is 4.84 Å². The Morgan fingerprint density at radius 1 is 1.50 bits per heavy atom. The predicted octanol–water partition coefficient (Wildman–Crippen LogP) is 2.08. The molecule has 4 heteroatoms. The molecule has 1 aromatic carbocycles. The average molecular weight is 259 g/mol. The Bertz CT molecular complexity index is 304. The lowest BCUT2D eigenvalue weighted by molar-refractivity contribution is 0.145. The zero-order valence-electron chi connectivity index (χ0n) is 8.46. The van der Waals surface area contributed by atoms with Crippen molar-refractivity contribution in [3.05, 3.63) is 28.2 Å². The predicted molar refractivity (Wildman–Crippen MR) is 62.3 cm³/mol. The summed E-state index contributed by atoms with van der Waals surface area (Å²) >= 11 is 3.43. The van der Waals surface area contributed by atoms with Gasteiger partial charge in [-0.15, -0.1) is 0 Å². The van der Waals surface area contributed by atoms with Gasteiger partial charge in [-0.2, -0.15) is 0 Å². The van der Waals surface area contributed by atoms with Crippen LogP contribution in [0, 0.1) is 6.92 Å². The smallest absolute Gasteiger partial charge is 0.0854 e. The molecule has 0 aliphatic heterocycles. The second-order valence-corrected chi connectivity index (χ2v) is 4.14. The van der Waals surface area contributed by atoms with Gasteiger partial charge in [0, 0.05) is 23.8 Å². The van der Waals surface area contributed by atoms with Crippen LogP contribution in [0.1, 0.15) is 5.56 Å². The number of nitrogens with two attached hydrogens (primary N) is 1. The van der Waals surface area contributed by atoms with E-state index in [2.05, 4.69) is 44.7 Å². The summed E-state index contributed by atoms with van der Waals surface area (Å²) in [7, 11) is 2.02. The topological polar surface area (TPSA) is 38.5 Å². The van der Waals surface area contributed by atoms with Gasteiger partial charge in [-0.3, -0.25) is 0 Å². The summed E-state index contributed by atoms with van der Waals surface area (Å²) in [6, 6.07) is 6.20. The highest BCUT2D eigenvalue weighted by Gasteiger charge is 2.03. The van der Waals surface area contributed by atoms with E-state index in [4.69, 9.17) is 5.90 Å². The van der Waals surface area contributed by atoms with Gasteiger partial charge in [-0.25, -0.2) is 5.90 Å². The summed E-state index contributed by atoms with van der Waals surface area (Å²) in [5.41, 5.74) is 2.43. The van der Waals surface area contributed by atoms with Crippen LogP contribution in [0.5, 0.6) is 0 Å². The lowest BCUT2D eigenvalue weighted by Gasteiger charge is -2.20. The second-order valence-electron chi connectivity index (χ2n) is 3.22. The van der Waals surface area contributed by atoms with E-state index in [1.54, 1.807) is 0 Å². The molecule has 14 heavy (non-hydrogen) atoms. The Balaban J connectivity index is 2.74. The number of hydrogen-bond donors (Lipinski definition) is 1. The lowest BCUT2D eigenvalue weighted by atomic mass is 10.2. The molecule has 0 radical (unpaired) electrons. The molecule has 0 heterocycles. The first kappa shape index (κ1) is 11.5. The summed E-state index contributed by atoms with van der Waals surface area (Å²) in [6.45, 7) is 3.41. The first-order chi connectivity index (χ1) is 6.65. The number of hydrogen-bond acceptors (Lipinski definition) is 3. The van der Waals surface area contributed by atoms with Crippen molar-refractivity contribution in [1.82, 2.24) is 0 Å². The SMILES string of the molecule is Cc1cc(Br)ccc1N(C)CCON. The van der Waals surface area contributed by atoms with Crippen molar-refractivity contribution in [3.63, 3.8) is 0 Å². The molecule has 0 aromatic heterocycles. The van der Waals surface area contributed by atoms with E-state index in [1.807, 2.05) is 13.1 Å². The largest absolute Gasteiger partial charge is 0.372 e. The van der Waals surface area contributed by atoms with Crippen molar-refractivity contribution < 1.29 is 4.84 Å². The quantitative estimate of drug-likeness (QED) is 0.841. The van der Waals surface area contributed by atoms with Crippen molar-refractivity contribution in [2.75, 3.05) is 25.1 Å². The fraction of sp³-hybridized carbons (Fsp3) is 0.400. The van der Waals surface area contributed by atoms with Crippen LogP contribution in [0.15, 0.2) is 22.7 Å². The second kappa shape index (κ2) is 5.34. The van der Waals surface area contributed by atoms with Crippen LogP contribution in [0.3, 0.4) is 0 Å². The maximum atomic E-state index is 4.98. The number of likely N-dealkylation sites (N-methyl/N-ethyl adjacent to an activating group) is 1. The number of anilines is 1. The molecule has 1 rings (SSSR count). The average Bonchev–Trinajstić information content (AvgIpc) is 2.14. The third kappa shape index (κ3) is 2.97. The van der Waals surface area contributed by atoms with Gasteiger partial charge in [0.25, 0.3) is 0 Å². The maximum absolute atomic E-state index is 4.98. The highest BCUT2D eigenvalue weighted by molar-refractivity contribution is 9.10. The molecule has 0 unspecified atom stereocenters. The van der Waals surface area contributed by atoms with Crippen molar-refractivity contribution in [2.45, 2.75) is 6.92 Å². The van der Waals surface area contributed by atoms with Crippen LogP contribution in [0.2, 0.25) is 0 Å². The third-order valence-corrected chi connectivity index (χ3v) is 2.61. The first-order valence-corrected chi connectivity index (χ1v) is 5.23. The van der Waals surface area contributed by atoms with Crippen LogP contribution >= 0.6 is 15.9 Å². The van der Waals surface area contributed by atoms with E-state index in [9.17, 15) is 0 Å². The van der Waals surface area contributed by atoms with Crippen LogP contribution in [-0.4, -0.2) is 20.2 Å².